The second-order valence-electron chi connectivity index (χ2n) is 6.67. The van der Waals surface area contributed by atoms with Gasteiger partial charge in [-0.05, 0) is 0 Å². The first kappa shape index (κ1) is 16.6. The van der Waals surface area contributed by atoms with Gasteiger partial charge in [0.05, 0.1) is 20.0 Å². The lowest BCUT2D eigenvalue weighted by atomic mass is 10.4. The topological polar surface area (TPSA) is 49.1 Å². The second-order valence-corrected chi connectivity index (χ2v) is 6.67. The van der Waals surface area contributed by atoms with Crippen molar-refractivity contribution in [2.75, 3.05) is 98.5 Å². The van der Waals surface area contributed by atoms with Gasteiger partial charge in [0.2, 0.25) is 0 Å². The molecule has 4 rings (SSSR count). The third-order valence-electron chi connectivity index (χ3n) is 5.02. The average molecular weight is 311 g/mol. The first-order chi connectivity index (χ1) is 10.9. The molecule has 7 heteroatoms. The summed E-state index contributed by atoms with van der Waals surface area (Å²) < 4.78 is 0. The number of rotatable bonds is 0. The highest BCUT2D eigenvalue weighted by Gasteiger charge is 2.17. The van der Waals surface area contributed by atoms with Crippen molar-refractivity contribution in [3.63, 3.8) is 0 Å². The standard InChI is InChI=1S/C15H33N7/c1-4-19-7-9-20-5-2-17-14-22(13-16-1)15-18-3-6-21(10-8-19)12-11-20/h16-18H,1-15H2. The molecule has 0 unspecified atom stereocenters. The minimum Gasteiger partial charge on any atom is -0.303 e. The van der Waals surface area contributed by atoms with Crippen LogP contribution in [0.3, 0.4) is 0 Å². The van der Waals surface area contributed by atoms with Gasteiger partial charge in [-0.2, -0.15) is 0 Å². The van der Waals surface area contributed by atoms with E-state index in [2.05, 4.69) is 35.6 Å². The van der Waals surface area contributed by atoms with E-state index in [1.807, 2.05) is 0 Å². The number of nitrogens with one attached hydrogen (secondary N) is 3. The maximum absolute atomic E-state index is 3.61. The van der Waals surface area contributed by atoms with Crippen molar-refractivity contribution < 1.29 is 0 Å². The fourth-order valence-corrected chi connectivity index (χ4v) is 3.45. The molecule has 7 nitrogen and oxygen atoms in total. The Morgan fingerprint density at radius 1 is 0.364 bits per heavy atom. The van der Waals surface area contributed by atoms with Gasteiger partial charge in [-0.25, -0.2) is 0 Å². The molecule has 0 aromatic carbocycles. The molecule has 0 aromatic rings. The normalized spacial score (nSPS) is 39.3. The van der Waals surface area contributed by atoms with Crippen LogP contribution >= 0.6 is 0 Å². The van der Waals surface area contributed by atoms with Crippen LogP contribution in [-0.2, 0) is 0 Å². The van der Waals surface area contributed by atoms with Gasteiger partial charge in [-0.3, -0.25) is 19.6 Å². The molecule has 0 aromatic heterocycles. The molecule has 4 saturated heterocycles. The Morgan fingerprint density at radius 3 is 1.00 bits per heavy atom. The quantitative estimate of drug-likeness (QED) is 0.473. The molecule has 4 aliphatic heterocycles. The molecule has 4 aliphatic rings. The van der Waals surface area contributed by atoms with Crippen LogP contribution in [0.15, 0.2) is 0 Å². The van der Waals surface area contributed by atoms with Crippen LogP contribution in [0.5, 0.6) is 0 Å². The summed E-state index contributed by atoms with van der Waals surface area (Å²) in [6, 6.07) is 0. The third kappa shape index (κ3) is 5.42. The Hall–Kier alpha value is -0.280. The van der Waals surface area contributed by atoms with Crippen LogP contribution in [0, 0.1) is 0 Å². The van der Waals surface area contributed by atoms with Crippen molar-refractivity contribution in [1.29, 1.82) is 0 Å². The molecule has 4 heterocycles. The van der Waals surface area contributed by atoms with E-state index in [4.69, 9.17) is 0 Å². The van der Waals surface area contributed by atoms with Gasteiger partial charge >= 0.3 is 0 Å². The summed E-state index contributed by atoms with van der Waals surface area (Å²) in [7, 11) is 0. The van der Waals surface area contributed by atoms with Crippen LogP contribution in [0.2, 0.25) is 0 Å². The van der Waals surface area contributed by atoms with Crippen molar-refractivity contribution in [3.05, 3.63) is 0 Å². The van der Waals surface area contributed by atoms with Gasteiger partial charge in [0.1, 0.15) is 0 Å². The molecule has 3 N–H and O–H groups in total. The molecule has 0 amide bonds. The highest BCUT2D eigenvalue weighted by Crippen LogP contribution is 2.01. The lowest BCUT2D eigenvalue weighted by molar-refractivity contribution is 0.214. The summed E-state index contributed by atoms with van der Waals surface area (Å²) in [5.41, 5.74) is 0. The molecule has 0 radical (unpaired) electrons. The predicted octanol–water partition coefficient (Wildman–Crippen LogP) is -2.12. The summed E-state index contributed by atoms with van der Waals surface area (Å²) in [5.74, 6) is 0. The zero-order valence-electron chi connectivity index (χ0n) is 13.9. The first-order valence-electron chi connectivity index (χ1n) is 8.92. The molecule has 0 atom stereocenters. The Kier molecular flexibility index (Phi) is 6.87. The van der Waals surface area contributed by atoms with Gasteiger partial charge in [0, 0.05) is 78.5 Å². The molecule has 128 valence electrons. The van der Waals surface area contributed by atoms with Gasteiger partial charge in [-0.15, -0.1) is 0 Å². The summed E-state index contributed by atoms with van der Waals surface area (Å²) >= 11 is 0. The van der Waals surface area contributed by atoms with Crippen molar-refractivity contribution in [2.45, 2.75) is 0 Å². The van der Waals surface area contributed by atoms with E-state index in [0.717, 1.165) is 59.3 Å². The van der Waals surface area contributed by atoms with Crippen LogP contribution < -0.4 is 16.0 Å². The summed E-state index contributed by atoms with van der Waals surface area (Å²) in [6.07, 6.45) is 0. The molecule has 0 spiro atoms. The second kappa shape index (κ2) is 9.12. The lowest BCUT2D eigenvalue weighted by Gasteiger charge is -2.25. The third-order valence-corrected chi connectivity index (χ3v) is 5.02. The largest absolute Gasteiger partial charge is 0.303 e. The maximum atomic E-state index is 3.61. The van der Waals surface area contributed by atoms with Crippen molar-refractivity contribution in [1.82, 2.24) is 35.6 Å². The van der Waals surface area contributed by atoms with Crippen molar-refractivity contribution in [3.8, 4) is 0 Å². The Bertz CT molecular complexity index is 255. The first-order valence-corrected chi connectivity index (χ1v) is 8.92. The minimum atomic E-state index is 0.960. The smallest absolute Gasteiger partial charge is 0.0505 e. The number of hydrogen-bond acceptors (Lipinski definition) is 7. The molecule has 4 fully saturated rings. The summed E-state index contributed by atoms with van der Waals surface area (Å²) in [6.45, 7) is 16.8. The number of fused-ring (bicyclic) bond motifs is 12. The minimum absolute atomic E-state index is 0.960. The molecular formula is C15H33N7. The van der Waals surface area contributed by atoms with E-state index in [-0.39, 0.29) is 0 Å². The fourth-order valence-electron chi connectivity index (χ4n) is 3.45. The monoisotopic (exact) mass is 311 g/mol. The van der Waals surface area contributed by atoms with Gasteiger partial charge in [-0.1, -0.05) is 0 Å². The van der Waals surface area contributed by atoms with Gasteiger partial charge < -0.3 is 16.0 Å². The van der Waals surface area contributed by atoms with Crippen molar-refractivity contribution >= 4 is 0 Å². The zero-order valence-corrected chi connectivity index (χ0v) is 13.9. The summed E-state index contributed by atoms with van der Waals surface area (Å²) in [5, 5.41) is 10.8. The molecule has 22 heavy (non-hydrogen) atoms. The maximum Gasteiger partial charge on any atom is 0.0505 e. The molecule has 0 aliphatic carbocycles. The summed E-state index contributed by atoms with van der Waals surface area (Å²) in [4.78, 5) is 10.3. The molecule has 0 saturated carbocycles. The van der Waals surface area contributed by atoms with Gasteiger partial charge in [0.15, 0.2) is 0 Å². The van der Waals surface area contributed by atoms with Crippen LogP contribution in [0.1, 0.15) is 0 Å². The fraction of sp³-hybridized carbons (Fsp3) is 1.00. The Morgan fingerprint density at radius 2 is 0.682 bits per heavy atom. The lowest BCUT2D eigenvalue weighted by Crippen LogP contribution is -2.47. The van der Waals surface area contributed by atoms with Crippen molar-refractivity contribution in [2.24, 2.45) is 0 Å². The van der Waals surface area contributed by atoms with E-state index in [9.17, 15) is 0 Å². The molecule has 4 bridgehead atoms. The van der Waals surface area contributed by atoms with Crippen LogP contribution in [-0.4, -0.2) is 118 Å². The van der Waals surface area contributed by atoms with Gasteiger partial charge in [0.25, 0.3) is 0 Å². The molecular weight excluding hydrogens is 278 g/mol. The van der Waals surface area contributed by atoms with E-state index in [1.165, 1.54) is 39.3 Å². The number of hydrogen-bond donors (Lipinski definition) is 3. The zero-order chi connectivity index (χ0) is 15.0. The van der Waals surface area contributed by atoms with E-state index in [0.29, 0.717) is 0 Å². The van der Waals surface area contributed by atoms with E-state index in [1.54, 1.807) is 0 Å². The Balaban J connectivity index is 1.73. The average Bonchev–Trinajstić information content (AvgIpc) is 2.64. The SMILES string of the molecule is C1CN2CCN3CCNCN(CN1)CNCCN(CC2)CC3. The van der Waals surface area contributed by atoms with E-state index < -0.39 is 0 Å². The highest BCUT2D eigenvalue weighted by atomic mass is 15.4. The number of nitrogens with zero attached hydrogens (tertiary/aromatic N) is 4. The van der Waals surface area contributed by atoms with Crippen LogP contribution in [0.25, 0.3) is 0 Å². The highest BCUT2D eigenvalue weighted by molar-refractivity contribution is 4.74. The van der Waals surface area contributed by atoms with E-state index >= 15 is 0 Å². The Labute approximate surface area is 135 Å². The predicted molar refractivity (Wildman–Crippen MR) is 89.8 cm³/mol. The van der Waals surface area contributed by atoms with Crippen LogP contribution in [0.4, 0.5) is 0 Å².